The maximum Gasteiger partial charge on any atom is 0.307 e. The molecule has 0 unspecified atom stereocenters. The fourth-order valence-electron chi connectivity index (χ4n) is 3.45. The highest BCUT2D eigenvalue weighted by molar-refractivity contribution is 5.71. The van der Waals surface area contributed by atoms with Crippen molar-refractivity contribution in [1.82, 2.24) is 4.90 Å². The van der Waals surface area contributed by atoms with E-state index in [1.807, 2.05) is 24.3 Å². The molecule has 0 spiro atoms. The van der Waals surface area contributed by atoms with Gasteiger partial charge in [-0.25, -0.2) is 0 Å². The zero-order valence-corrected chi connectivity index (χ0v) is 14.2. The van der Waals surface area contributed by atoms with Gasteiger partial charge in [0, 0.05) is 12.6 Å². The van der Waals surface area contributed by atoms with Gasteiger partial charge in [-0.1, -0.05) is 48.5 Å². The molecule has 3 heteroatoms. The van der Waals surface area contributed by atoms with Crippen LogP contribution in [0.1, 0.15) is 30.9 Å². The highest BCUT2D eigenvalue weighted by atomic mass is 16.4. The van der Waals surface area contributed by atoms with Crippen LogP contribution in [0.5, 0.6) is 0 Å². The Kier molecular flexibility index (Phi) is 5.31. The molecule has 0 aromatic heterocycles. The molecule has 2 aromatic carbocycles. The number of carboxylic acids is 1. The Bertz CT molecular complexity index is 676. The minimum atomic E-state index is -0.792. The highest BCUT2D eigenvalue weighted by Crippen LogP contribution is 2.22. The van der Waals surface area contributed by atoms with Gasteiger partial charge in [0.2, 0.25) is 0 Å². The molecular formula is C21H25NO2. The third-order valence-electron chi connectivity index (χ3n) is 4.97. The lowest BCUT2D eigenvalue weighted by Gasteiger charge is -2.20. The molecule has 2 aromatic rings. The first-order chi connectivity index (χ1) is 11.6. The van der Waals surface area contributed by atoms with Gasteiger partial charge in [-0.05, 0) is 55.0 Å². The zero-order valence-electron chi connectivity index (χ0n) is 14.2. The van der Waals surface area contributed by atoms with Crippen molar-refractivity contribution < 1.29 is 9.90 Å². The third kappa shape index (κ3) is 4.24. The van der Waals surface area contributed by atoms with Gasteiger partial charge in [0.1, 0.15) is 0 Å². The maximum absolute atomic E-state index is 10.7. The summed E-state index contributed by atoms with van der Waals surface area (Å²) in [5.74, 6) is -0.792. The van der Waals surface area contributed by atoms with Crippen LogP contribution in [0.25, 0.3) is 11.1 Å². The normalized spacial score (nSPS) is 18.0. The second-order valence-corrected chi connectivity index (χ2v) is 6.74. The van der Waals surface area contributed by atoms with E-state index in [0.29, 0.717) is 0 Å². The number of likely N-dealkylation sites (tertiary alicyclic amines) is 1. The Hall–Kier alpha value is -2.13. The number of nitrogens with zero attached hydrogens (tertiary/aromatic N) is 1. The molecule has 0 bridgehead atoms. The summed E-state index contributed by atoms with van der Waals surface area (Å²) < 4.78 is 0. The van der Waals surface area contributed by atoms with Crippen molar-refractivity contribution in [1.29, 1.82) is 0 Å². The van der Waals surface area contributed by atoms with E-state index in [9.17, 15) is 4.79 Å². The van der Waals surface area contributed by atoms with Crippen LogP contribution in [0.3, 0.4) is 0 Å². The van der Waals surface area contributed by atoms with Crippen LogP contribution in [-0.2, 0) is 17.6 Å². The Morgan fingerprint density at radius 2 is 1.62 bits per heavy atom. The van der Waals surface area contributed by atoms with E-state index < -0.39 is 5.97 Å². The number of hydrogen-bond acceptors (Lipinski definition) is 2. The standard InChI is InChI=1S/C21H25NO2/c1-16-3-2-13-22(16)14-12-17-4-8-19(9-5-17)20-10-6-18(7-11-20)15-21(23)24/h4-11,16H,2-3,12-15H2,1H3,(H,23,24)/t16-/m1/s1. The maximum atomic E-state index is 10.7. The summed E-state index contributed by atoms with van der Waals surface area (Å²) in [5, 5.41) is 8.83. The van der Waals surface area contributed by atoms with Crippen LogP contribution in [0, 0.1) is 0 Å². The summed E-state index contributed by atoms with van der Waals surface area (Å²) in [7, 11) is 0. The third-order valence-corrected chi connectivity index (χ3v) is 4.97. The van der Waals surface area contributed by atoms with Crippen LogP contribution in [0.4, 0.5) is 0 Å². The summed E-state index contributed by atoms with van der Waals surface area (Å²) in [6.45, 7) is 4.70. The molecule has 1 aliphatic rings. The minimum Gasteiger partial charge on any atom is -0.481 e. The van der Waals surface area contributed by atoms with Gasteiger partial charge in [-0.15, -0.1) is 0 Å². The number of carboxylic acid groups (broad SMARTS) is 1. The summed E-state index contributed by atoms with van der Waals surface area (Å²) >= 11 is 0. The molecule has 1 N–H and O–H groups in total. The van der Waals surface area contributed by atoms with Crippen molar-refractivity contribution in [3.05, 3.63) is 59.7 Å². The van der Waals surface area contributed by atoms with Gasteiger partial charge in [0.15, 0.2) is 0 Å². The molecule has 3 rings (SSSR count). The van der Waals surface area contributed by atoms with Crippen molar-refractivity contribution >= 4 is 5.97 Å². The smallest absolute Gasteiger partial charge is 0.307 e. The highest BCUT2D eigenvalue weighted by Gasteiger charge is 2.19. The van der Waals surface area contributed by atoms with Crippen LogP contribution in [0.15, 0.2) is 48.5 Å². The number of benzene rings is 2. The number of rotatable bonds is 6. The quantitative estimate of drug-likeness (QED) is 0.873. The Balaban J connectivity index is 1.60. The molecule has 0 saturated carbocycles. The second kappa shape index (κ2) is 7.63. The molecule has 1 saturated heterocycles. The lowest BCUT2D eigenvalue weighted by Crippen LogP contribution is -2.28. The van der Waals surface area contributed by atoms with Gasteiger partial charge in [-0.3, -0.25) is 4.79 Å². The molecule has 24 heavy (non-hydrogen) atoms. The first kappa shape index (κ1) is 16.7. The zero-order chi connectivity index (χ0) is 16.9. The topological polar surface area (TPSA) is 40.5 Å². The first-order valence-corrected chi connectivity index (χ1v) is 8.76. The van der Waals surface area contributed by atoms with E-state index in [1.165, 1.54) is 30.5 Å². The molecular weight excluding hydrogens is 298 g/mol. The van der Waals surface area contributed by atoms with Gasteiger partial charge in [0.05, 0.1) is 6.42 Å². The summed E-state index contributed by atoms with van der Waals surface area (Å²) in [6.07, 6.45) is 3.84. The SMILES string of the molecule is C[C@@H]1CCCN1CCc1ccc(-c2ccc(CC(=O)O)cc2)cc1. The van der Waals surface area contributed by atoms with Crippen molar-refractivity contribution in [2.24, 2.45) is 0 Å². The minimum absolute atomic E-state index is 0.0775. The molecule has 3 nitrogen and oxygen atoms in total. The average Bonchev–Trinajstić information content (AvgIpc) is 2.99. The lowest BCUT2D eigenvalue weighted by molar-refractivity contribution is -0.136. The van der Waals surface area contributed by atoms with E-state index in [2.05, 4.69) is 36.1 Å². The molecule has 0 radical (unpaired) electrons. The van der Waals surface area contributed by atoms with Crippen molar-refractivity contribution in [3.8, 4) is 11.1 Å². The fraction of sp³-hybridized carbons (Fsp3) is 0.381. The fourth-order valence-corrected chi connectivity index (χ4v) is 3.45. The predicted molar refractivity (Wildman–Crippen MR) is 97.2 cm³/mol. The van der Waals surface area contributed by atoms with Crippen molar-refractivity contribution in [3.63, 3.8) is 0 Å². The van der Waals surface area contributed by atoms with Gasteiger partial charge >= 0.3 is 5.97 Å². The van der Waals surface area contributed by atoms with E-state index in [4.69, 9.17) is 5.11 Å². The summed E-state index contributed by atoms with van der Waals surface area (Å²) in [4.78, 5) is 13.3. The van der Waals surface area contributed by atoms with E-state index in [0.717, 1.165) is 30.1 Å². The van der Waals surface area contributed by atoms with Gasteiger partial charge < -0.3 is 10.0 Å². The molecule has 126 valence electrons. The Morgan fingerprint density at radius 3 is 2.12 bits per heavy atom. The lowest BCUT2D eigenvalue weighted by atomic mass is 10.0. The largest absolute Gasteiger partial charge is 0.481 e. The second-order valence-electron chi connectivity index (χ2n) is 6.74. The summed E-state index contributed by atoms with van der Waals surface area (Å²) in [6, 6.07) is 17.3. The van der Waals surface area contributed by atoms with E-state index in [1.54, 1.807) is 0 Å². The first-order valence-electron chi connectivity index (χ1n) is 8.76. The van der Waals surface area contributed by atoms with E-state index in [-0.39, 0.29) is 6.42 Å². The van der Waals surface area contributed by atoms with Crippen LogP contribution < -0.4 is 0 Å². The van der Waals surface area contributed by atoms with Crippen LogP contribution in [-0.4, -0.2) is 35.1 Å². The Morgan fingerprint density at radius 1 is 1.04 bits per heavy atom. The predicted octanol–water partition coefficient (Wildman–Crippen LogP) is 4.01. The monoisotopic (exact) mass is 323 g/mol. The molecule has 1 atom stereocenters. The average molecular weight is 323 g/mol. The summed E-state index contributed by atoms with van der Waals surface area (Å²) in [5.41, 5.74) is 4.52. The van der Waals surface area contributed by atoms with Crippen LogP contribution in [0.2, 0.25) is 0 Å². The Labute approximate surface area is 143 Å². The van der Waals surface area contributed by atoms with Crippen LogP contribution >= 0.6 is 0 Å². The number of hydrogen-bond donors (Lipinski definition) is 1. The number of aliphatic carboxylic acids is 1. The van der Waals surface area contributed by atoms with Gasteiger partial charge in [-0.2, -0.15) is 0 Å². The molecule has 1 fully saturated rings. The van der Waals surface area contributed by atoms with Crippen molar-refractivity contribution in [2.45, 2.75) is 38.6 Å². The van der Waals surface area contributed by atoms with E-state index >= 15 is 0 Å². The molecule has 0 amide bonds. The molecule has 1 aliphatic heterocycles. The number of carbonyl (C=O) groups is 1. The van der Waals surface area contributed by atoms with Crippen molar-refractivity contribution in [2.75, 3.05) is 13.1 Å². The molecule has 1 heterocycles. The van der Waals surface area contributed by atoms with Gasteiger partial charge in [0.25, 0.3) is 0 Å². The molecule has 0 aliphatic carbocycles.